The molecule has 0 bridgehead atoms. The van der Waals surface area contributed by atoms with Gasteiger partial charge in [-0.05, 0) is 43.5 Å². The highest BCUT2D eigenvalue weighted by atomic mass is 79.9. The number of benzene rings is 2. The number of nitrogens with one attached hydrogen (secondary N) is 1. The Morgan fingerprint density at radius 1 is 1.14 bits per heavy atom. The van der Waals surface area contributed by atoms with Crippen molar-refractivity contribution in [2.45, 2.75) is 19.8 Å². The molecule has 1 aromatic heterocycles. The van der Waals surface area contributed by atoms with Crippen LogP contribution in [0.1, 0.15) is 18.4 Å². The molecule has 3 aromatic rings. The first-order valence-corrected chi connectivity index (χ1v) is 10.6. The molecule has 1 atom stereocenters. The quantitative estimate of drug-likeness (QED) is 0.602. The van der Waals surface area contributed by atoms with Crippen LogP contribution in [0, 0.1) is 12.8 Å². The lowest BCUT2D eigenvalue weighted by Gasteiger charge is -2.33. The lowest BCUT2D eigenvalue weighted by Crippen LogP contribution is -2.41. The molecule has 1 aliphatic rings. The minimum atomic E-state index is -0.0677. The van der Waals surface area contributed by atoms with Gasteiger partial charge in [-0.1, -0.05) is 46.3 Å². The Kier molecular flexibility index (Phi) is 5.90. The number of carbonyl (C=O) groups excluding carboxylic acids is 1. The first kappa shape index (κ1) is 19.6. The second kappa shape index (κ2) is 8.74. The number of aromatic nitrogens is 2. The highest BCUT2D eigenvalue weighted by molar-refractivity contribution is 9.10. The summed E-state index contributed by atoms with van der Waals surface area (Å²) >= 11 is 3.46. The number of nitrogens with zero attached hydrogens (tertiary/aromatic N) is 3. The van der Waals surface area contributed by atoms with Crippen molar-refractivity contribution in [1.82, 2.24) is 9.97 Å². The van der Waals surface area contributed by atoms with E-state index >= 15 is 0 Å². The van der Waals surface area contributed by atoms with Gasteiger partial charge in [0, 0.05) is 34.9 Å². The average Bonchev–Trinajstić information content (AvgIpc) is 2.76. The molecular weight excluding hydrogens is 428 g/mol. The fraction of sp³-hybridized carbons (Fsp3) is 0.261. The molecule has 1 fully saturated rings. The van der Waals surface area contributed by atoms with Gasteiger partial charge in [0.15, 0.2) is 0 Å². The molecule has 0 spiro atoms. The molecule has 29 heavy (non-hydrogen) atoms. The van der Waals surface area contributed by atoms with Crippen molar-refractivity contribution in [3.63, 3.8) is 0 Å². The third-order valence-corrected chi connectivity index (χ3v) is 5.78. The molecule has 1 unspecified atom stereocenters. The molecule has 1 amide bonds. The van der Waals surface area contributed by atoms with Gasteiger partial charge >= 0.3 is 0 Å². The van der Waals surface area contributed by atoms with E-state index in [9.17, 15) is 4.79 Å². The number of anilines is 2. The second-order valence-electron chi connectivity index (χ2n) is 7.36. The number of rotatable bonds is 4. The number of amides is 1. The van der Waals surface area contributed by atoms with E-state index in [1.807, 2.05) is 61.5 Å². The molecule has 4 rings (SSSR count). The Bertz CT molecular complexity index is 1010. The van der Waals surface area contributed by atoms with Gasteiger partial charge in [0.05, 0.1) is 11.6 Å². The van der Waals surface area contributed by atoms with Gasteiger partial charge < -0.3 is 10.2 Å². The second-order valence-corrected chi connectivity index (χ2v) is 8.28. The Labute approximate surface area is 179 Å². The molecule has 0 saturated carbocycles. The van der Waals surface area contributed by atoms with Crippen LogP contribution in [-0.4, -0.2) is 29.0 Å². The van der Waals surface area contributed by atoms with Crippen LogP contribution in [-0.2, 0) is 4.79 Å². The Morgan fingerprint density at radius 2 is 1.97 bits per heavy atom. The van der Waals surface area contributed by atoms with Crippen molar-refractivity contribution in [3.8, 4) is 11.3 Å². The van der Waals surface area contributed by atoms with Crippen LogP contribution in [0.15, 0.2) is 65.4 Å². The fourth-order valence-corrected chi connectivity index (χ4v) is 4.16. The SMILES string of the molecule is Cc1cc(Br)ccc1NC(=O)C1CCCN(c2cc(-c3ccccc3)ncn2)C1. The van der Waals surface area contributed by atoms with Crippen molar-refractivity contribution in [1.29, 1.82) is 0 Å². The molecular formula is C23H23BrN4O. The number of halogens is 1. The molecule has 2 heterocycles. The van der Waals surface area contributed by atoms with Crippen LogP contribution in [0.4, 0.5) is 11.5 Å². The summed E-state index contributed by atoms with van der Waals surface area (Å²) in [6.45, 7) is 3.55. The first-order valence-electron chi connectivity index (χ1n) is 9.79. The topological polar surface area (TPSA) is 58.1 Å². The summed E-state index contributed by atoms with van der Waals surface area (Å²) < 4.78 is 1.01. The monoisotopic (exact) mass is 450 g/mol. The number of hydrogen-bond donors (Lipinski definition) is 1. The summed E-state index contributed by atoms with van der Waals surface area (Å²) in [7, 11) is 0. The van der Waals surface area contributed by atoms with Crippen LogP contribution in [0.3, 0.4) is 0 Å². The minimum absolute atomic E-state index is 0.0671. The zero-order chi connectivity index (χ0) is 20.2. The molecule has 5 nitrogen and oxygen atoms in total. The van der Waals surface area contributed by atoms with Gasteiger partial charge in [-0.15, -0.1) is 0 Å². The summed E-state index contributed by atoms with van der Waals surface area (Å²) in [5.74, 6) is 0.871. The van der Waals surface area contributed by atoms with Gasteiger partial charge in [-0.3, -0.25) is 4.79 Å². The predicted octanol–water partition coefficient (Wildman–Crippen LogP) is 5.07. The molecule has 0 radical (unpaired) electrons. The van der Waals surface area contributed by atoms with E-state index in [0.29, 0.717) is 6.54 Å². The van der Waals surface area contributed by atoms with E-state index in [-0.39, 0.29) is 11.8 Å². The van der Waals surface area contributed by atoms with Gasteiger partial charge in [0.1, 0.15) is 12.1 Å². The Morgan fingerprint density at radius 3 is 2.76 bits per heavy atom. The smallest absolute Gasteiger partial charge is 0.229 e. The number of aryl methyl sites for hydroxylation is 1. The van der Waals surface area contributed by atoms with E-state index < -0.39 is 0 Å². The largest absolute Gasteiger partial charge is 0.356 e. The number of hydrogen-bond acceptors (Lipinski definition) is 4. The summed E-state index contributed by atoms with van der Waals surface area (Å²) in [4.78, 5) is 24.0. The molecule has 0 aliphatic carbocycles. The van der Waals surface area contributed by atoms with Crippen molar-refractivity contribution in [3.05, 3.63) is 71.0 Å². The van der Waals surface area contributed by atoms with E-state index in [1.54, 1.807) is 6.33 Å². The zero-order valence-electron chi connectivity index (χ0n) is 16.3. The minimum Gasteiger partial charge on any atom is -0.356 e. The average molecular weight is 451 g/mol. The van der Waals surface area contributed by atoms with Gasteiger partial charge in [0.2, 0.25) is 5.91 Å². The predicted molar refractivity (Wildman–Crippen MR) is 120 cm³/mol. The lowest BCUT2D eigenvalue weighted by molar-refractivity contribution is -0.120. The standard InChI is InChI=1S/C23H23BrN4O/c1-16-12-19(24)9-10-20(16)27-23(29)18-8-5-11-28(14-18)22-13-21(25-15-26-22)17-6-3-2-4-7-17/h2-4,6-7,9-10,12-13,15,18H,5,8,11,14H2,1H3,(H,27,29). The summed E-state index contributed by atoms with van der Waals surface area (Å²) in [6, 6.07) is 18.0. The van der Waals surface area contributed by atoms with Crippen LogP contribution in [0.25, 0.3) is 11.3 Å². The van der Waals surface area contributed by atoms with Gasteiger partial charge in [-0.25, -0.2) is 9.97 Å². The zero-order valence-corrected chi connectivity index (χ0v) is 17.9. The van der Waals surface area contributed by atoms with E-state index in [0.717, 1.165) is 52.2 Å². The third kappa shape index (κ3) is 4.65. The maximum Gasteiger partial charge on any atom is 0.229 e. The van der Waals surface area contributed by atoms with Crippen LogP contribution >= 0.6 is 15.9 Å². The molecule has 1 aliphatic heterocycles. The van der Waals surface area contributed by atoms with E-state index in [4.69, 9.17) is 0 Å². The summed E-state index contributed by atoms with van der Waals surface area (Å²) in [6.07, 6.45) is 3.45. The van der Waals surface area contributed by atoms with Crippen LogP contribution < -0.4 is 10.2 Å². The summed E-state index contributed by atoms with van der Waals surface area (Å²) in [5, 5.41) is 3.10. The number of piperidine rings is 1. The first-order chi connectivity index (χ1) is 14.1. The molecule has 1 saturated heterocycles. The van der Waals surface area contributed by atoms with E-state index in [2.05, 4.69) is 36.1 Å². The summed E-state index contributed by atoms with van der Waals surface area (Å²) in [5.41, 5.74) is 3.87. The molecule has 2 aromatic carbocycles. The molecule has 1 N–H and O–H groups in total. The van der Waals surface area contributed by atoms with Crippen molar-refractivity contribution in [2.75, 3.05) is 23.3 Å². The van der Waals surface area contributed by atoms with E-state index in [1.165, 1.54) is 0 Å². The molecule has 6 heteroatoms. The van der Waals surface area contributed by atoms with Crippen molar-refractivity contribution < 1.29 is 4.79 Å². The fourth-order valence-electron chi connectivity index (χ4n) is 3.69. The highest BCUT2D eigenvalue weighted by Gasteiger charge is 2.27. The normalized spacial score (nSPS) is 16.5. The maximum absolute atomic E-state index is 12.9. The van der Waals surface area contributed by atoms with Crippen molar-refractivity contribution >= 4 is 33.3 Å². The third-order valence-electron chi connectivity index (χ3n) is 5.28. The van der Waals surface area contributed by atoms with Gasteiger partial charge in [-0.2, -0.15) is 0 Å². The highest BCUT2D eigenvalue weighted by Crippen LogP contribution is 2.26. The number of carbonyl (C=O) groups is 1. The van der Waals surface area contributed by atoms with Crippen LogP contribution in [0.2, 0.25) is 0 Å². The Balaban J connectivity index is 1.48. The van der Waals surface area contributed by atoms with Crippen molar-refractivity contribution in [2.24, 2.45) is 5.92 Å². The maximum atomic E-state index is 12.9. The Hall–Kier alpha value is -2.73. The van der Waals surface area contributed by atoms with Crippen LogP contribution in [0.5, 0.6) is 0 Å². The molecule has 148 valence electrons. The lowest BCUT2D eigenvalue weighted by atomic mass is 9.96. The van der Waals surface area contributed by atoms with Gasteiger partial charge in [0.25, 0.3) is 0 Å².